The molecule has 4 rings (SSSR count). The van der Waals surface area contributed by atoms with Crippen LogP contribution in [0, 0.1) is 0 Å². The van der Waals surface area contributed by atoms with E-state index in [4.69, 9.17) is 10.9 Å². The molecule has 1 atom stereocenters. The van der Waals surface area contributed by atoms with Crippen LogP contribution in [-0.2, 0) is 17.8 Å². The molecule has 0 saturated carbocycles. The number of fused-ring (bicyclic) bond motifs is 3. The van der Waals surface area contributed by atoms with Gasteiger partial charge >= 0.3 is 0 Å². The average molecular weight is 336 g/mol. The van der Waals surface area contributed by atoms with Gasteiger partial charge in [0.25, 0.3) is 0 Å². The number of nitrogens with one attached hydrogen (secondary N) is 1. The van der Waals surface area contributed by atoms with E-state index in [0.717, 1.165) is 47.5 Å². The molecule has 0 aromatic heterocycles. The Morgan fingerprint density at radius 1 is 1.32 bits per heavy atom. The van der Waals surface area contributed by atoms with Gasteiger partial charge in [-0.2, -0.15) is 0 Å². The van der Waals surface area contributed by atoms with Crippen molar-refractivity contribution in [1.82, 2.24) is 4.90 Å². The third-order valence-electron chi connectivity index (χ3n) is 5.07. The quantitative estimate of drug-likeness (QED) is 0.339. The highest BCUT2D eigenvalue weighted by molar-refractivity contribution is 6.18. The van der Waals surface area contributed by atoms with E-state index in [-0.39, 0.29) is 11.7 Å². The van der Waals surface area contributed by atoms with Gasteiger partial charge in [0.2, 0.25) is 5.91 Å². The van der Waals surface area contributed by atoms with Crippen molar-refractivity contribution in [3.8, 4) is 11.1 Å². The summed E-state index contributed by atoms with van der Waals surface area (Å²) < 4.78 is 0. The van der Waals surface area contributed by atoms with Crippen LogP contribution in [0.5, 0.6) is 0 Å². The molecule has 0 fully saturated rings. The largest absolute Gasteiger partial charge is 0.409 e. The second kappa shape index (κ2) is 5.89. The van der Waals surface area contributed by atoms with Crippen molar-refractivity contribution >= 4 is 17.4 Å². The molecular weight excluding hydrogens is 316 g/mol. The Bertz CT molecular complexity index is 877. The number of likely N-dealkylation sites (N-methyl/N-ethyl adjacent to an activating group) is 1. The topological polar surface area (TPSA) is 91.0 Å². The van der Waals surface area contributed by atoms with Crippen LogP contribution in [0.4, 0.5) is 5.69 Å². The van der Waals surface area contributed by atoms with Gasteiger partial charge < -0.3 is 21.2 Å². The number of anilines is 1. The third-order valence-corrected chi connectivity index (χ3v) is 5.07. The average Bonchev–Trinajstić information content (AvgIpc) is 2.97. The number of amidine groups is 1. The zero-order valence-electron chi connectivity index (χ0n) is 14.0. The van der Waals surface area contributed by atoms with E-state index in [9.17, 15) is 4.79 Å². The van der Waals surface area contributed by atoms with Crippen LogP contribution in [0.1, 0.15) is 22.6 Å². The maximum Gasteiger partial charge on any atom is 0.239 e. The summed E-state index contributed by atoms with van der Waals surface area (Å²) in [5.41, 5.74) is 12.0. The molecule has 25 heavy (non-hydrogen) atoms. The number of benzene rings is 2. The van der Waals surface area contributed by atoms with E-state index in [1.807, 2.05) is 24.3 Å². The fraction of sp³-hybridized carbons (Fsp3) is 0.263. The summed E-state index contributed by atoms with van der Waals surface area (Å²) in [7, 11) is 2.07. The number of nitrogens with zero attached hydrogens (tertiary/aromatic N) is 2. The Labute approximate surface area is 145 Å². The lowest BCUT2D eigenvalue weighted by atomic mass is 9.85. The second-order valence-corrected chi connectivity index (χ2v) is 6.65. The Hall–Kier alpha value is -2.86. The minimum atomic E-state index is -0.750. The number of nitrogens with two attached hydrogens (primary N) is 1. The van der Waals surface area contributed by atoms with Gasteiger partial charge in [0.1, 0.15) is 5.92 Å². The molecule has 1 unspecified atom stereocenters. The molecule has 2 heterocycles. The fourth-order valence-electron chi connectivity index (χ4n) is 3.85. The van der Waals surface area contributed by atoms with E-state index >= 15 is 0 Å². The van der Waals surface area contributed by atoms with Crippen molar-refractivity contribution in [3.63, 3.8) is 0 Å². The molecule has 2 aliphatic rings. The minimum absolute atomic E-state index is 0.0839. The molecule has 0 spiro atoms. The Morgan fingerprint density at radius 2 is 2.08 bits per heavy atom. The first-order valence-corrected chi connectivity index (χ1v) is 8.31. The highest BCUT2D eigenvalue weighted by Gasteiger charge is 2.38. The van der Waals surface area contributed by atoms with Gasteiger partial charge in [-0.25, -0.2) is 0 Å². The summed E-state index contributed by atoms with van der Waals surface area (Å²) in [6, 6.07) is 12.2. The van der Waals surface area contributed by atoms with Crippen LogP contribution in [0.15, 0.2) is 41.6 Å². The van der Waals surface area contributed by atoms with Gasteiger partial charge in [0.15, 0.2) is 5.84 Å². The van der Waals surface area contributed by atoms with Gasteiger partial charge in [-0.3, -0.25) is 4.79 Å². The zero-order valence-corrected chi connectivity index (χ0v) is 14.0. The van der Waals surface area contributed by atoms with E-state index in [1.165, 1.54) is 5.56 Å². The zero-order chi connectivity index (χ0) is 17.6. The van der Waals surface area contributed by atoms with Crippen LogP contribution in [0.2, 0.25) is 0 Å². The fourth-order valence-corrected chi connectivity index (χ4v) is 3.85. The number of hydrogen-bond donors (Lipinski definition) is 3. The summed E-state index contributed by atoms with van der Waals surface area (Å²) in [6.07, 6.45) is 0.924. The number of amides is 1. The second-order valence-electron chi connectivity index (χ2n) is 6.65. The van der Waals surface area contributed by atoms with Gasteiger partial charge in [0.05, 0.1) is 5.69 Å². The van der Waals surface area contributed by atoms with Crippen LogP contribution >= 0.6 is 0 Å². The summed E-state index contributed by atoms with van der Waals surface area (Å²) in [5, 5.41) is 15.1. The number of carbonyl (C=O) groups excluding carboxylic acids is 1. The van der Waals surface area contributed by atoms with Gasteiger partial charge in [-0.1, -0.05) is 35.5 Å². The standard InChI is InChI=1S/C19H20N4O2/c1-23-8-7-12-13(11-5-3-2-4-6-11)9-14-16(18(20)22-25)19(24)21-17(14)15(12)10-23/h2-6,9,16,25H,7-8,10H2,1H3,(H2,20,22)(H,21,24). The van der Waals surface area contributed by atoms with Crippen LogP contribution in [0.3, 0.4) is 0 Å². The lowest BCUT2D eigenvalue weighted by Gasteiger charge is -2.29. The SMILES string of the molecule is CN1CCc2c(-c3ccccc3)cc3c(c2C1)NC(=O)C3/C(N)=N/O. The van der Waals surface area contributed by atoms with Crippen LogP contribution < -0.4 is 11.1 Å². The third kappa shape index (κ3) is 2.46. The first kappa shape index (κ1) is 15.7. The van der Waals surface area contributed by atoms with E-state index < -0.39 is 5.92 Å². The smallest absolute Gasteiger partial charge is 0.239 e. The molecule has 4 N–H and O–H groups in total. The highest BCUT2D eigenvalue weighted by Crippen LogP contribution is 2.43. The summed E-state index contributed by atoms with van der Waals surface area (Å²) in [4.78, 5) is 14.7. The summed E-state index contributed by atoms with van der Waals surface area (Å²) in [5.74, 6) is -1.08. The first-order chi connectivity index (χ1) is 12.1. The van der Waals surface area contributed by atoms with E-state index in [0.29, 0.717) is 0 Å². The maximum absolute atomic E-state index is 12.5. The van der Waals surface area contributed by atoms with Crippen molar-refractivity contribution in [2.75, 3.05) is 18.9 Å². The van der Waals surface area contributed by atoms with Crippen LogP contribution in [-0.4, -0.2) is 35.4 Å². The predicted octanol–water partition coefficient (Wildman–Crippen LogP) is 2.12. The predicted molar refractivity (Wildman–Crippen MR) is 96.7 cm³/mol. The number of hydrogen-bond acceptors (Lipinski definition) is 4. The molecule has 0 bridgehead atoms. The van der Waals surface area contributed by atoms with Crippen molar-refractivity contribution < 1.29 is 10.0 Å². The molecule has 0 radical (unpaired) electrons. The van der Waals surface area contributed by atoms with Crippen molar-refractivity contribution in [2.45, 2.75) is 18.9 Å². The lowest BCUT2D eigenvalue weighted by Crippen LogP contribution is -2.27. The lowest BCUT2D eigenvalue weighted by molar-refractivity contribution is -0.115. The van der Waals surface area contributed by atoms with Crippen molar-refractivity contribution in [1.29, 1.82) is 0 Å². The molecule has 0 aliphatic carbocycles. The van der Waals surface area contributed by atoms with E-state index in [1.54, 1.807) is 0 Å². The van der Waals surface area contributed by atoms with E-state index in [2.05, 4.69) is 34.6 Å². The Morgan fingerprint density at radius 3 is 2.80 bits per heavy atom. The molecule has 2 aliphatic heterocycles. The van der Waals surface area contributed by atoms with Crippen LogP contribution in [0.25, 0.3) is 11.1 Å². The minimum Gasteiger partial charge on any atom is -0.409 e. The van der Waals surface area contributed by atoms with Gasteiger partial charge in [-0.05, 0) is 47.4 Å². The number of rotatable bonds is 2. The van der Waals surface area contributed by atoms with Crippen molar-refractivity contribution in [2.24, 2.45) is 10.9 Å². The normalized spacial score (nSPS) is 20.1. The molecule has 2 aromatic rings. The molecule has 128 valence electrons. The first-order valence-electron chi connectivity index (χ1n) is 8.31. The Balaban J connectivity index is 1.98. The molecule has 2 aromatic carbocycles. The molecule has 6 heteroatoms. The Kier molecular flexibility index (Phi) is 3.69. The monoisotopic (exact) mass is 336 g/mol. The summed E-state index contributed by atoms with van der Waals surface area (Å²) in [6.45, 7) is 1.74. The number of oxime groups is 1. The van der Waals surface area contributed by atoms with Crippen molar-refractivity contribution in [3.05, 3.63) is 53.1 Å². The van der Waals surface area contributed by atoms with Gasteiger partial charge in [0, 0.05) is 13.1 Å². The molecule has 6 nitrogen and oxygen atoms in total. The molecule has 0 saturated heterocycles. The van der Waals surface area contributed by atoms with Gasteiger partial charge in [-0.15, -0.1) is 0 Å². The maximum atomic E-state index is 12.5. The molecule has 1 amide bonds. The molecular formula is C19H20N4O2. The highest BCUT2D eigenvalue weighted by atomic mass is 16.4. The summed E-state index contributed by atoms with van der Waals surface area (Å²) >= 11 is 0. The number of carbonyl (C=O) groups is 1.